The highest BCUT2D eigenvalue weighted by molar-refractivity contribution is 6.39. The zero-order valence-electron chi connectivity index (χ0n) is 19.6. The smallest absolute Gasteiger partial charge is 0.145 e. The highest BCUT2D eigenvalue weighted by atomic mass is 35.5. The van der Waals surface area contributed by atoms with Crippen LogP contribution in [-0.2, 0) is 16.1 Å². The van der Waals surface area contributed by atoms with Crippen molar-refractivity contribution in [2.24, 2.45) is 11.8 Å². The van der Waals surface area contributed by atoms with Crippen LogP contribution in [-0.4, -0.2) is 23.5 Å². The van der Waals surface area contributed by atoms with Gasteiger partial charge < -0.3 is 14.0 Å². The van der Waals surface area contributed by atoms with Crippen LogP contribution >= 0.6 is 23.2 Å². The molecule has 0 radical (unpaired) electrons. The van der Waals surface area contributed by atoms with Crippen molar-refractivity contribution in [3.8, 4) is 11.3 Å². The van der Waals surface area contributed by atoms with Gasteiger partial charge in [-0.25, -0.2) is 0 Å². The summed E-state index contributed by atoms with van der Waals surface area (Å²) in [6.45, 7) is 10.3. The highest BCUT2D eigenvalue weighted by Gasteiger charge is 2.45. The largest absolute Gasteiger partial charge is 0.375 e. The Morgan fingerprint density at radius 2 is 1.88 bits per heavy atom. The van der Waals surface area contributed by atoms with Crippen LogP contribution in [0.3, 0.4) is 0 Å². The maximum absolute atomic E-state index is 6.55. The van der Waals surface area contributed by atoms with Crippen molar-refractivity contribution < 1.29 is 14.0 Å². The molecule has 4 unspecified atom stereocenters. The Morgan fingerprint density at radius 3 is 2.50 bits per heavy atom. The fourth-order valence-corrected chi connectivity index (χ4v) is 5.79. The Labute approximate surface area is 201 Å². The Morgan fingerprint density at radius 1 is 1.16 bits per heavy atom. The van der Waals surface area contributed by atoms with Crippen molar-refractivity contribution in [1.29, 1.82) is 0 Å². The summed E-state index contributed by atoms with van der Waals surface area (Å²) in [7, 11) is 0. The molecule has 2 aliphatic rings. The first-order valence-electron chi connectivity index (χ1n) is 12.1. The van der Waals surface area contributed by atoms with E-state index in [1.807, 2.05) is 18.2 Å². The predicted octanol–water partition coefficient (Wildman–Crippen LogP) is 8.05. The SMILES string of the molecule is CCCOC1(C)C(C)CC(OCc2c(-c3c(Cl)cccc3Cl)noc2C2CC2)CC1CC. The lowest BCUT2D eigenvalue weighted by Gasteiger charge is -2.48. The van der Waals surface area contributed by atoms with Crippen molar-refractivity contribution >= 4 is 23.2 Å². The standard InChI is InChI=1S/C26H35Cl2NO3/c1-5-12-31-26(4)16(3)13-19(14-18(26)6-2)30-15-20-24(29-32-25(20)17-10-11-17)23-21(27)8-7-9-22(23)28/h7-9,16-19H,5-6,10-15H2,1-4H3. The molecular weight excluding hydrogens is 445 g/mol. The molecule has 4 atom stereocenters. The van der Waals surface area contributed by atoms with Crippen LogP contribution in [0.1, 0.15) is 83.5 Å². The van der Waals surface area contributed by atoms with E-state index in [-0.39, 0.29) is 11.7 Å². The summed E-state index contributed by atoms with van der Waals surface area (Å²) in [5, 5.41) is 5.55. The quantitative estimate of drug-likeness (QED) is 0.364. The summed E-state index contributed by atoms with van der Waals surface area (Å²) in [6.07, 6.45) is 6.57. The van der Waals surface area contributed by atoms with E-state index in [2.05, 4.69) is 32.9 Å². The number of hydrogen-bond acceptors (Lipinski definition) is 4. The third-order valence-corrected chi connectivity index (χ3v) is 8.12. The second-order valence-corrected chi connectivity index (χ2v) is 10.5. The number of rotatable bonds is 9. The lowest BCUT2D eigenvalue weighted by atomic mass is 9.68. The maximum atomic E-state index is 6.55. The molecule has 2 saturated carbocycles. The Balaban J connectivity index is 1.54. The van der Waals surface area contributed by atoms with Gasteiger partial charge >= 0.3 is 0 Å². The van der Waals surface area contributed by atoms with Gasteiger partial charge in [-0.15, -0.1) is 0 Å². The third kappa shape index (κ3) is 4.75. The minimum atomic E-state index is -0.0861. The van der Waals surface area contributed by atoms with Gasteiger partial charge in [-0.1, -0.05) is 61.6 Å². The van der Waals surface area contributed by atoms with Crippen LogP contribution in [0.25, 0.3) is 11.3 Å². The second-order valence-electron chi connectivity index (χ2n) is 9.69. The summed E-state index contributed by atoms with van der Waals surface area (Å²) >= 11 is 13.0. The third-order valence-electron chi connectivity index (χ3n) is 7.49. The highest BCUT2D eigenvalue weighted by Crippen LogP contribution is 2.47. The number of aromatic nitrogens is 1. The molecule has 0 N–H and O–H groups in total. The average Bonchev–Trinajstić information content (AvgIpc) is 3.53. The van der Waals surface area contributed by atoms with Crippen molar-refractivity contribution in [1.82, 2.24) is 5.16 Å². The van der Waals surface area contributed by atoms with Crippen molar-refractivity contribution in [2.45, 2.75) is 90.4 Å². The van der Waals surface area contributed by atoms with Crippen molar-refractivity contribution in [2.75, 3.05) is 6.61 Å². The number of ether oxygens (including phenoxy) is 2. The second kappa shape index (κ2) is 10.0. The molecule has 1 aromatic heterocycles. The van der Waals surface area contributed by atoms with Gasteiger partial charge in [0.15, 0.2) is 0 Å². The lowest BCUT2D eigenvalue weighted by molar-refractivity contribution is -0.160. The fourth-order valence-electron chi connectivity index (χ4n) is 5.22. The average molecular weight is 480 g/mol. The monoisotopic (exact) mass is 479 g/mol. The van der Waals surface area contributed by atoms with E-state index in [1.165, 1.54) is 0 Å². The van der Waals surface area contributed by atoms with Gasteiger partial charge in [0.05, 0.1) is 28.4 Å². The first-order chi connectivity index (χ1) is 15.4. The van der Waals surface area contributed by atoms with Crippen LogP contribution < -0.4 is 0 Å². The van der Waals surface area contributed by atoms with E-state index < -0.39 is 0 Å². The number of benzene rings is 1. The first kappa shape index (κ1) is 24.1. The van der Waals surface area contributed by atoms with Crippen LogP contribution in [0.2, 0.25) is 10.0 Å². The van der Waals surface area contributed by atoms with Gasteiger partial charge in [-0.3, -0.25) is 0 Å². The Kier molecular flexibility index (Phi) is 7.56. The van der Waals surface area contributed by atoms with E-state index in [4.69, 9.17) is 37.2 Å². The molecule has 32 heavy (non-hydrogen) atoms. The zero-order valence-corrected chi connectivity index (χ0v) is 21.1. The van der Waals surface area contributed by atoms with Crippen LogP contribution in [0, 0.1) is 11.8 Å². The zero-order chi connectivity index (χ0) is 22.9. The summed E-state index contributed by atoms with van der Waals surface area (Å²) in [5.74, 6) is 2.27. The molecule has 4 nitrogen and oxygen atoms in total. The van der Waals surface area contributed by atoms with E-state index in [0.717, 1.165) is 67.7 Å². The summed E-state index contributed by atoms with van der Waals surface area (Å²) in [5.41, 5.74) is 2.36. The van der Waals surface area contributed by atoms with Gasteiger partial charge in [0.25, 0.3) is 0 Å². The number of halogens is 2. The van der Waals surface area contributed by atoms with Crippen molar-refractivity contribution in [3.05, 3.63) is 39.6 Å². The molecule has 1 aromatic carbocycles. The van der Waals surface area contributed by atoms with Crippen LogP contribution in [0.5, 0.6) is 0 Å². The minimum Gasteiger partial charge on any atom is -0.375 e. The van der Waals surface area contributed by atoms with E-state index >= 15 is 0 Å². The lowest BCUT2D eigenvalue weighted by Crippen LogP contribution is -2.50. The van der Waals surface area contributed by atoms with Crippen molar-refractivity contribution in [3.63, 3.8) is 0 Å². The van der Waals surface area contributed by atoms with Gasteiger partial charge in [-0.2, -0.15) is 0 Å². The van der Waals surface area contributed by atoms with E-state index in [0.29, 0.717) is 34.4 Å². The molecule has 176 valence electrons. The number of nitrogens with zero attached hydrogens (tertiary/aromatic N) is 1. The first-order valence-corrected chi connectivity index (χ1v) is 12.8. The number of hydrogen-bond donors (Lipinski definition) is 0. The van der Waals surface area contributed by atoms with E-state index in [9.17, 15) is 0 Å². The molecule has 0 amide bonds. The molecule has 2 fully saturated rings. The van der Waals surface area contributed by atoms with Crippen LogP contribution in [0.4, 0.5) is 0 Å². The van der Waals surface area contributed by atoms with Gasteiger partial charge in [0.2, 0.25) is 0 Å². The Hall–Kier alpha value is -1.07. The van der Waals surface area contributed by atoms with Crippen LogP contribution in [0.15, 0.2) is 22.7 Å². The van der Waals surface area contributed by atoms with Gasteiger partial charge in [0.1, 0.15) is 11.5 Å². The minimum absolute atomic E-state index is 0.0861. The molecule has 2 aliphatic carbocycles. The topological polar surface area (TPSA) is 44.5 Å². The maximum Gasteiger partial charge on any atom is 0.145 e. The molecule has 6 heteroatoms. The molecule has 0 spiro atoms. The Bertz CT molecular complexity index is 906. The summed E-state index contributed by atoms with van der Waals surface area (Å²) in [4.78, 5) is 0. The fraction of sp³-hybridized carbons (Fsp3) is 0.654. The molecular formula is C26H35Cl2NO3. The molecule has 4 rings (SSSR count). The van der Waals surface area contributed by atoms with Gasteiger partial charge in [0, 0.05) is 23.7 Å². The normalized spacial score (nSPS) is 28.2. The predicted molar refractivity (Wildman–Crippen MR) is 129 cm³/mol. The van der Waals surface area contributed by atoms with Gasteiger partial charge in [-0.05, 0) is 63.0 Å². The molecule has 0 bridgehead atoms. The molecule has 0 saturated heterocycles. The van der Waals surface area contributed by atoms with E-state index in [1.54, 1.807) is 0 Å². The summed E-state index contributed by atoms with van der Waals surface area (Å²) < 4.78 is 18.7. The summed E-state index contributed by atoms with van der Waals surface area (Å²) in [6, 6.07) is 5.52. The molecule has 2 aromatic rings. The molecule has 0 aliphatic heterocycles. The molecule has 1 heterocycles.